The van der Waals surface area contributed by atoms with Crippen LogP contribution in [0.15, 0.2) is 59.2 Å². The monoisotopic (exact) mass is 288 g/mol. The fourth-order valence-corrected chi connectivity index (χ4v) is 3.03. The number of hydrogen-bond acceptors (Lipinski definition) is 3. The van der Waals surface area contributed by atoms with Crippen LogP contribution in [-0.4, -0.2) is 11.6 Å². The van der Waals surface area contributed by atoms with E-state index in [1.54, 1.807) is 48.7 Å². The Hall–Kier alpha value is -2.94. The van der Waals surface area contributed by atoms with Crippen LogP contribution in [0, 0.1) is 6.92 Å². The lowest BCUT2D eigenvalue weighted by atomic mass is 9.80. The zero-order valence-electron chi connectivity index (χ0n) is 11.9. The number of benzene rings is 2. The van der Waals surface area contributed by atoms with Crippen molar-refractivity contribution in [3.05, 3.63) is 82.6 Å². The van der Waals surface area contributed by atoms with Gasteiger partial charge in [-0.05, 0) is 30.7 Å². The van der Waals surface area contributed by atoms with Gasteiger partial charge in [0.1, 0.15) is 5.76 Å². The van der Waals surface area contributed by atoms with Crippen LogP contribution >= 0.6 is 0 Å². The third-order valence-electron chi connectivity index (χ3n) is 4.07. The van der Waals surface area contributed by atoms with Crippen molar-refractivity contribution in [2.24, 2.45) is 0 Å². The molecule has 22 heavy (non-hydrogen) atoms. The van der Waals surface area contributed by atoms with E-state index in [2.05, 4.69) is 0 Å². The van der Waals surface area contributed by atoms with Crippen molar-refractivity contribution in [2.45, 2.75) is 6.92 Å². The molecule has 0 aliphatic heterocycles. The van der Waals surface area contributed by atoms with Crippen LogP contribution in [-0.2, 0) is 0 Å². The molecule has 0 N–H and O–H groups in total. The Morgan fingerprint density at radius 3 is 2.14 bits per heavy atom. The van der Waals surface area contributed by atoms with Crippen molar-refractivity contribution < 1.29 is 14.0 Å². The van der Waals surface area contributed by atoms with E-state index >= 15 is 0 Å². The van der Waals surface area contributed by atoms with E-state index < -0.39 is 0 Å². The molecule has 0 spiro atoms. The van der Waals surface area contributed by atoms with Gasteiger partial charge >= 0.3 is 0 Å². The van der Waals surface area contributed by atoms with E-state index in [-0.39, 0.29) is 11.6 Å². The molecule has 3 nitrogen and oxygen atoms in total. The molecule has 0 saturated carbocycles. The summed E-state index contributed by atoms with van der Waals surface area (Å²) < 4.78 is 5.47. The predicted octanol–water partition coefficient (Wildman–Crippen LogP) is 4.03. The molecule has 0 atom stereocenters. The van der Waals surface area contributed by atoms with Crippen molar-refractivity contribution in [1.82, 2.24) is 0 Å². The fourth-order valence-electron chi connectivity index (χ4n) is 3.03. The second kappa shape index (κ2) is 4.53. The summed E-state index contributed by atoms with van der Waals surface area (Å²) in [5, 5.41) is 0. The van der Waals surface area contributed by atoms with Crippen molar-refractivity contribution in [3.63, 3.8) is 0 Å². The minimum Gasteiger partial charge on any atom is -0.464 e. The van der Waals surface area contributed by atoms with E-state index in [0.29, 0.717) is 33.6 Å². The average Bonchev–Trinajstić information content (AvgIpc) is 3.06. The van der Waals surface area contributed by atoms with Gasteiger partial charge in [0, 0.05) is 27.8 Å². The maximum Gasteiger partial charge on any atom is 0.195 e. The molecular weight excluding hydrogens is 276 g/mol. The van der Waals surface area contributed by atoms with E-state index in [4.69, 9.17) is 4.42 Å². The first-order valence-corrected chi connectivity index (χ1v) is 7.04. The Labute approximate surface area is 127 Å². The Morgan fingerprint density at radius 2 is 1.45 bits per heavy atom. The summed E-state index contributed by atoms with van der Waals surface area (Å²) in [5.41, 5.74) is 3.43. The van der Waals surface area contributed by atoms with Crippen LogP contribution in [0.4, 0.5) is 0 Å². The number of carbonyl (C=O) groups excluding carboxylic acids is 2. The molecular formula is C19H12O3. The van der Waals surface area contributed by atoms with Gasteiger partial charge in [0.2, 0.25) is 0 Å². The molecule has 3 heteroatoms. The lowest BCUT2D eigenvalue weighted by Gasteiger charge is -2.20. The highest BCUT2D eigenvalue weighted by molar-refractivity contribution is 6.30. The molecule has 0 amide bonds. The highest BCUT2D eigenvalue weighted by Gasteiger charge is 2.32. The van der Waals surface area contributed by atoms with Gasteiger partial charge in [-0.2, -0.15) is 0 Å². The van der Waals surface area contributed by atoms with Gasteiger partial charge in [-0.25, -0.2) is 0 Å². The van der Waals surface area contributed by atoms with Crippen LogP contribution in [0.2, 0.25) is 0 Å². The minimum atomic E-state index is -0.125. The molecule has 0 bridgehead atoms. The molecule has 1 aliphatic rings. The Balaban J connectivity index is 2.08. The van der Waals surface area contributed by atoms with Gasteiger partial charge in [-0.15, -0.1) is 0 Å². The van der Waals surface area contributed by atoms with Crippen molar-refractivity contribution in [3.8, 4) is 11.3 Å². The third-order valence-corrected chi connectivity index (χ3v) is 4.07. The largest absolute Gasteiger partial charge is 0.464 e. The van der Waals surface area contributed by atoms with Gasteiger partial charge in [-0.3, -0.25) is 9.59 Å². The summed E-state index contributed by atoms with van der Waals surface area (Å²) >= 11 is 0. The normalized spacial score (nSPS) is 13.0. The summed E-state index contributed by atoms with van der Waals surface area (Å²) in [6.07, 6.45) is 1.57. The smallest absolute Gasteiger partial charge is 0.195 e. The summed E-state index contributed by atoms with van der Waals surface area (Å²) in [6.45, 7) is 1.91. The first-order valence-electron chi connectivity index (χ1n) is 7.04. The van der Waals surface area contributed by atoms with Crippen LogP contribution in [0.25, 0.3) is 11.3 Å². The molecule has 4 rings (SSSR count). The van der Waals surface area contributed by atoms with E-state index in [1.807, 2.05) is 13.0 Å². The van der Waals surface area contributed by atoms with Crippen LogP contribution in [0.1, 0.15) is 37.4 Å². The van der Waals surface area contributed by atoms with Gasteiger partial charge in [-0.1, -0.05) is 30.3 Å². The lowest BCUT2D eigenvalue weighted by Crippen LogP contribution is -2.22. The summed E-state index contributed by atoms with van der Waals surface area (Å²) in [6, 6.07) is 14.1. The number of fused-ring (bicyclic) bond motifs is 2. The minimum absolute atomic E-state index is 0.113. The Kier molecular flexibility index (Phi) is 2.63. The fraction of sp³-hybridized carbons (Fsp3) is 0.0526. The second-order valence-electron chi connectivity index (χ2n) is 5.36. The molecule has 1 aliphatic carbocycles. The first-order chi connectivity index (χ1) is 10.7. The third kappa shape index (κ3) is 1.62. The molecule has 0 unspecified atom stereocenters. The SMILES string of the molecule is Cc1ccc2c(c1-c1ccco1)C(=O)c1ccccc1C2=O. The second-order valence-corrected chi connectivity index (χ2v) is 5.36. The maximum atomic E-state index is 12.9. The van der Waals surface area contributed by atoms with Crippen LogP contribution in [0.3, 0.4) is 0 Å². The average molecular weight is 288 g/mol. The lowest BCUT2D eigenvalue weighted by molar-refractivity contribution is 0.0979. The van der Waals surface area contributed by atoms with Crippen molar-refractivity contribution in [1.29, 1.82) is 0 Å². The first kappa shape index (κ1) is 12.8. The number of furan rings is 1. The highest BCUT2D eigenvalue weighted by Crippen LogP contribution is 2.36. The number of carbonyl (C=O) groups is 2. The van der Waals surface area contributed by atoms with Gasteiger partial charge in [0.05, 0.1) is 6.26 Å². The maximum absolute atomic E-state index is 12.9. The van der Waals surface area contributed by atoms with Gasteiger partial charge < -0.3 is 4.42 Å². The molecule has 106 valence electrons. The number of hydrogen-bond donors (Lipinski definition) is 0. The number of aryl methyl sites for hydroxylation is 1. The summed E-state index contributed by atoms with van der Waals surface area (Å²) in [4.78, 5) is 25.6. The van der Waals surface area contributed by atoms with Crippen LogP contribution in [0.5, 0.6) is 0 Å². The molecule has 0 radical (unpaired) electrons. The zero-order valence-corrected chi connectivity index (χ0v) is 11.9. The van der Waals surface area contributed by atoms with Crippen molar-refractivity contribution in [2.75, 3.05) is 0 Å². The summed E-state index contributed by atoms with van der Waals surface area (Å²) in [7, 11) is 0. The topological polar surface area (TPSA) is 47.3 Å². The van der Waals surface area contributed by atoms with Crippen molar-refractivity contribution >= 4 is 11.6 Å². The molecule has 3 aromatic rings. The molecule has 0 fully saturated rings. The Bertz CT molecular complexity index is 918. The van der Waals surface area contributed by atoms with Gasteiger partial charge in [0.15, 0.2) is 11.6 Å². The molecule has 1 heterocycles. The standard InChI is InChI=1S/C19H12O3/c1-11-8-9-14-17(16(11)15-7-4-10-22-15)19(21)13-6-3-2-5-12(13)18(14)20/h2-10H,1H3. The quantitative estimate of drug-likeness (QED) is 0.531. The van der Waals surface area contributed by atoms with E-state index in [0.717, 1.165) is 5.56 Å². The summed E-state index contributed by atoms with van der Waals surface area (Å²) in [5.74, 6) is 0.369. The van der Waals surface area contributed by atoms with E-state index in [9.17, 15) is 9.59 Å². The molecule has 1 aromatic heterocycles. The van der Waals surface area contributed by atoms with E-state index in [1.165, 1.54) is 0 Å². The Morgan fingerprint density at radius 1 is 0.727 bits per heavy atom. The van der Waals surface area contributed by atoms with Gasteiger partial charge in [0.25, 0.3) is 0 Å². The molecule has 0 saturated heterocycles. The number of ketones is 2. The zero-order chi connectivity index (χ0) is 15.3. The van der Waals surface area contributed by atoms with Crippen LogP contribution < -0.4 is 0 Å². The predicted molar refractivity (Wildman–Crippen MR) is 82.2 cm³/mol. The highest BCUT2D eigenvalue weighted by atomic mass is 16.3. The molecule has 2 aromatic carbocycles. The number of rotatable bonds is 1.